The van der Waals surface area contributed by atoms with Crippen molar-refractivity contribution in [2.24, 2.45) is 0 Å². The van der Waals surface area contributed by atoms with Crippen molar-refractivity contribution in [1.82, 2.24) is 15.2 Å². The number of aryl methyl sites for hydroxylation is 1. The molecule has 0 aliphatic heterocycles. The summed E-state index contributed by atoms with van der Waals surface area (Å²) < 4.78 is 0.788. The molecule has 0 aliphatic rings. The predicted octanol–water partition coefficient (Wildman–Crippen LogP) is 5.15. The summed E-state index contributed by atoms with van der Waals surface area (Å²) in [6, 6.07) is 7.41. The number of hydrogen-bond donors (Lipinski definition) is 1. The molecule has 0 saturated heterocycles. The minimum Gasteiger partial charge on any atom is -0.296 e. The van der Waals surface area contributed by atoms with Gasteiger partial charge >= 0.3 is 0 Å². The molecule has 1 aromatic carbocycles. The fourth-order valence-electron chi connectivity index (χ4n) is 1.95. The van der Waals surface area contributed by atoms with Crippen molar-refractivity contribution in [2.45, 2.75) is 11.3 Å². The largest absolute Gasteiger partial charge is 0.296 e. The van der Waals surface area contributed by atoms with Gasteiger partial charge in [-0.2, -0.15) is 0 Å². The first-order valence-electron chi connectivity index (χ1n) is 7.18. The number of halogens is 1. The van der Waals surface area contributed by atoms with Gasteiger partial charge in [-0.15, -0.1) is 28.1 Å². The number of carbonyl (C=O) groups is 1. The molecule has 3 aromatic rings. The molecule has 3 rings (SSSR count). The number of hydrogen-bond acceptors (Lipinski definition) is 7. The third-order valence-corrected chi connectivity index (χ3v) is 6.43. The minimum atomic E-state index is -0.236. The molecule has 0 radical (unpaired) electrons. The van der Waals surface area contributed by atoms with Crippen molar-refractivity contribution in [3.8, 4) is 10.6 Å². The standard InChI is InChI=1S/C16H13ClN4OS3/c1-3-7-23-16-21-20-15(25-16)19-13(22)12-9(2)18-14(24-12)10-5-4-6-11(17)8-10/h3-6,8H,1,7H2,2H3,(H,19,20,22). The lowest BCUT2D eigenvalue weighted by Gasteiger charge is -1.98. The van der Waals surface area contributed by atoms with Crippen molar-refractivity contribution in [2.75, 3.05) is 11.1 Å². The van der Waals surface area contributed by atoms with Crippen LogP contribution in [0, 0.1) is 6.92 Å². The Bertz CT molecular complexity index is 922. The summed E-state index contributed by atoms with van der Waals surface area (Å²) in [4.78, 5) is 17.5. The summed E-state index contributed by atoms with van der Waals surface area (Å²) in [5.74, 6) is 0.513. The van der Waals surface area contributed by atoms with Gasteiger partial charge in [0.25, 0.3) is 5.91 Å². The maximum Gasteiger partial charge on any atom is 0.269 e. The first kappa shape index (κ1) is 18.1. The lowest BCUT2D eigenvalue weighted by Crippen LogP contribution is -2.11. The molecule has 128 valence electrons. The molecule has 0 bridgehead atoms. The van der Waals surface area contributed by atoms with Crippen LogP contribution in [0.2, 0.25) is 5.02 Å². The zero-order valence-electron chi connectivity index (χ0n) is 13.2. The fraction of sp³-hybridized carbons (Fsp3) is 0.125. The molecule has 25 heavy (non-hydrogen) atoms. The molecular formula is C16H13ClN4OS3. The van der Waals surface area contributed by atoms with E-state index in [0.29, 0.717) is 20.7 Å². The molecule has 0 spiro atoms. The molecule has 5 nitrogen and oxygen atoms in total. The molecule has 0 unspecified atom stereocenters. The van der Waals surface area contributed by atoms with E-state index < -0.39 is 0 Å². The smallest absolute Gasteiger partial charge is 0.269 e. The van der Waals surface area contributed by atoms with Crippen molar-refractivity contribution in [3.05, 3.63) is 52.5 Å². The zero-order valence-corrected chi connectivity index (χ0v) is 16.4. The molecule has 1 N–H and O–H groups in total. The third-order valence-electron chi connectivity index (χ3n) is 3.03. The van der Waals surface area contributed by atoms with E-state index in [4.69, 9.17) is 11.6 Å². The molecule has 1 amide bonds. The van der Waals surface area contributed by atoms with E-state index in [1.807, 2.05) is 25.1 Å². The Balaban J connectivity index is 1.76. The second kappa shape index (κ2) is 8.09. The van der Waals surface area contributed by atoms with Crippen molar-refractivity contribution < 1.29 is 4.79 Å². The SMILES string of the molecule is C=CCSc1nnc(NC(=O)c2sc(-c3cccc(Cl)c3)nc2C)s1. The molecular weight excluding hydrogens is 396 g/mol. The van der Waals surface area contributed by atoms with Crippen molar-refractivity contribution in [1.29, 1.82) is 0 Å². The minimum absolute atomic E-state index is 0.236. The zero-order chi connectivity index (χ0) is 17.8. The Labute approximate surface area is 162 Å². The van der Waals surface area contributed by atoms with Gasteiger partial charge in [0.15, 0.2) is 4.34 Å². The van der Waals surface area contributed by atoms with Crippen LogP contribution in [0.25, 0.3) is 10.6 Å². The van der Waals surface area contributed by atoms with Crippen molar-refractivity contribution in [3.63, 3.8) is 0 Å². The normalized spacial score (nSPS) is 10.6. The Morgan fingerprint density at radius 2 is 2.24 bits per heavy atom. The number of aromatic nitrogens is 3. The van der Waals surface area contributed by atoms with E-state index in [-0.39, 0.29) is 5.91 Å². The summed E-state index contributed by atoms with van der Waals surface area (Å²) in [6.07, 6.45) is 1.79. The van der Waals surface area contributed by atoms with Gasteiger partial charge in [-0.1, -0.05) is 52.9 Å². The Kier molecular flexibility index (Phi) is 5.85. The first-order valence-corrected chi connectivity index (χ1v) is 10.2. The molecule has 0 saturated carbocycles. The monoisotopic (exact) mass is 408 g/mol. The number of amides is 1. The molecule has 9 heteroatoms. The van der Waals surface area contributed by atoms with Crippen LogP contribution in [-0.2, 0) is 0 Å². The summed E-state index contributed by atoms with van der Waals surface area (Å²) in [5.41, 5.74) is 1.56. The average molecular weight is 409 g/mol. The Morgan fingerprint density at radius 1 is 1.40 bits per heavy atom. The second-order valence-corrected chi connectivity index (χ2v) is 8.55. The lowest BCUT2D eigenvalue weighted by atomic mass is 10.2. The average Bonchev–Trinajstić information content (AvgIpc) is 3.19. The highest BCUT2D eigenvalue weighted by Crippen LogP contribution is 2.31. The number of benzene rings is 1. The number of thioether (sulfide) groups is 1. The van der Waals surface area contributed by atoms with Gasteiger partial charge in [0.05, 0.1) is 5.69 Å². The topological polar surface area (TPSA) is 67.8 Å². The van der Waals surface area contributed by atoms with Crippen LogP contribution < -0.4 is 5.32 Å². The van der Waals surface area contributed by atoms with Gasteiger partial charge in [-0.25, -0.2) is 4.98 Å². The molecule has 0 fully saturated rings. The van der Waals surface area contributed by atoms with Gasteiger partial charge in [-0.05, 0) is 19.1 Å². The van der Waals surface area contributed by atoms with Crippen LogP contribution >= 0.6 is 46.0 Å². The van der Waals surface area contributed by atoms with Gasteiger partial charge in [-0.3, -0.25) is 10.1 Å². The van der Waals surface area contributed by atoms with E-state index in [1.165, 1.54) is 34.4 Å². The Hall–Kier alpha value is -1.74. The number of thiazole rings is 1. The summed E-state index contributed by atoms with van der Waals surface area (Å²) >= 11 is 10.2. The van der Waals surface area contributed by atoms with Gasteiger partial charge < -0.3 is 0 Å². The highest BCUT2D eigenvalue weighted by Gasteiger charge is 2.18. The van der Waals surface area contributed by atoms with Crippen LogP contribution in [0.15, 0.2) is 41.3 Å². The van der Waals surface area contributed by atoms with Crippen LogP contribution in [0.4, 0.5) is 5.13 Å². The van der Waals surface area contributed by atoms with E-state index >= 15 is 0 Å². The maximum atomic E-state index is 12.5. The highest BCUT2D eigenvalue weighted by molar-refractivity contribution is 8.01. The van der Waals surface area contributed by atoms with Gasteiger partial charge in [0.1, 0.15) is 9.88 Å². The molecule has 0 aliphatic carbocycles. The molecule has 2 heterocycles. The van der Waals surface area contributed by atoms with E-state index in [2.05, 4.69) is 27.1 Å². The van der Waals surface area contributed by atoms with Crippen LogP contribution in [0.5, 0.6) is 0 Å². The van der Waals surface area contributed by atoms with Gasteiger partial charge in [0, 0.05) is 16.3 Å². The summed E-state index contributed by atoms with van der Waals surface area (Å²) in [7, 11) is 0. The fourth-order valence-corrected chi connectivity index (χ4v) is 4.61. The molecule has 2 aromatic heterocycles. The van der Waals surface area contributed by atoms with E-state index in [9.17, 15) is 4.79 Å². The number of nitrogens with zero attached hydrogens (tertiary/aromatic N) is 3. The molecule has 0 atom stereocenters. The van der Waals surface area contributed by atoms with Crippen LogP contribution in [-0.4, -0.2) is 26.8 Å². The third kappa shape index (κ3) is 4.46. The summed E-state index contributed by atoms with van der Waals surface area (Å²) in [6.45, 7) is 5.48. The van der Waals surface area contributed by atoms with Crippen LogP contribution in [0.1, 0.15) is 15.4 Å². The van der Waals surface area contributed by atoms with E-state index in [0.717, 1.165) is 20.7 Å². The van der Waals surface area contributed by atoms with Crippen molar-refractivity contribution >= 4 is 57.1 Å². The number of nitrogens with one attached hydrogen (secondary N) is 1. The summed E-state index contributed by atoms with van der Waals surface area (Å²) in [5, 5.41) is 12.7. The predicted molar refractivity (Wildman–Crippen MR) is 106 cm³/mol. The number of carbonyl (C=O) groups excluding carboxylic acids is 1. The van der Waals surface area contributed by atoms with E-state index in [1.54, 1.807) is 12.1 Å². The maximum absolute atomic E-state index is 12.5. The second-order valence-electron chi connectivity index (χ2n) is 4.87. The van der Waals surface area contributed by atoms with Crippen LogP contribution in [0.3, 0.4) is 0 Å². The highest BCUT2D eigenvalue weighted by atomic mass is 35.5. The van der Waals surface area contributed by atoms with Gasteiger partial charge in [0.2, 0.25) is 5.13 Å². The Morgan fingerprint density at radius 3 is 3.00 bits per heavy atom. The number of rotatable bonds is 6. The quantitative estimate of drug-likeness (QED) is 0.347. The first-order chi connectivity index (χ1) is 12.1. The number of anilines is 1. The lowest BCUT2D eigenvalue weighted by molar-refractivity contribution is 0.102.